The van der Waals surface area contributed by atoms with Gasteiger partial charge in [-0.25, -0.2) is 0 Å². The van der Waals surface area contributed by atoms with Crippen LogP contribution in [0.4, 0.5) is 0 Å². The standard InChI is InChI=1S/C20H26N4O3/c25-18(21-9-8-19-22-20(23-27-19)16-6-7-16)12-17-14-24(10-11-26-17)13-15-4-2-1-3-5-15/h1-5,16-17H,6-14H2,(H,21,25). The molecule has 0 bridgehead atoms. The molecule has 4 rings (SSSR count). The highest BCUT2D eigenvalue weighted by molar-refractivity contribution is 5.76. The maximum Gasteiger partial charge on any atom is 0.228 e. The van der Waals surface area contributed by atoms with Gasteiger partial charge in [-0.1, -0.05) is 35.5 Å². The summed E-state index contributed by atoms with van der Waals surface area (Å²) in [5, 5.41) is 6.92. The zero-order chi connectivity index (χ0) is 18.5. The van der Waals surface area contributed by atoms with Crippen LogP contribution in [0.3, 0.4) is 0 Å². The first kappa shape index (κ1) is 18.1. The van der Waals surface area contributed by atoms with Crippen LogP contribution < -0.4 is 5.32 Å². The zero-order valence-corrected chi connectivity index (χ0v) is 15.5. The van der Waals surface area contributed by atoms with Crippen molar-refractivity contribution in [2.45, 2.75) is 44.2 Å². The third-order valence-corrected chi connectivity index (χ3v) is 4.97. The van der Waals surface area contributed by atoms with Crippen molar-refractivity contribution in [1.82, 2.24) is 20.4 Å². The number of morpholine rings is 1. The van der Waals surface area contributed by atoms with Gasteiger partial charge in [0.05, 0.1) is 19.1 Å². The largest absolute Gasteiger partial charge is 0.375 e. The third kappa shape index (κ3) is 5.37. The molecule has 0 spiro atoms. The molecule has 2 heterocycles. The number of benzene rings is 1. The van der Waals surface area contributed by atoms with Crippen LogP contribution in [0.25, 0.3) is 0 Å². The lowest BCUT2D eigenvalue weighted by Crippen LogP contribution is -2.44. The smallest absolute Gasteiger partial charge is 0.228 e. The van der Waals surface area contributed by atoms with Crippen molar-refractivity contribution in [3.63, 3.8) is 0 Å². The second-order valence-electron chi connectivity index (χ2n) is 7.34. The van der Waals surface area contributed by atoms with Gasteiger partial charge in [0, 0.05) is 38.5 Å². The number of carbonyl (C=O) groups excluding carboxylic acids is 1. The van der Waals surface area contributed by atoms with Gasteiger partial charge in [-0.15, -0.1) is 0 Å². The second kappa shape index (κ2) is 8.63. The van der Waals surface area contributed by atoms with E-state index in [-0.39, 0.29) is 12.0 Å². The van der Waals surface area contributed by atoms with E-state index in [1.807, 2.05) is 6.07 Å². The van der Waals surface area contributed by atoms with E-state index in [1.165, 1.54) is 5.56 Å². The number of amides is 1. The molecule has 7 heteroatoms. The quantitative estimate of drug-likeness (QED) is 0.764. The van der Waals surface area contributed by atoms with Gasteiger partial charge in [-0.05, 0) is 18.4 Å². The van der Waals surface area contributed by atoms with Crippen molar-refractivity contribution in [1.29, 1.82) is 0 Å². The normalized spacial score (nSPS) is 20.5. The number of hydrogen-bond donors (Lipinski definition) is 1. The summed E-state index contributed by atoms with van der Waals surface area (Å²) in [7, 11) is 0. The number of hydrogen-bond acceptors (Lipinski definition) is 6. The number of nitrogens with one attached hydrogen (secondary N) is 1. The topological polar surface area (TPSA) is 80.5 Å². The SMILES string of the molecule is O=C(CC1CN(Cc2ccccc2)CCO1)NCCc1nc(C2CC2)no1. The molecule has 1 aromatic carbocycles. The summed E-state index contributed by atoms with van der Waals surface area (Å²) in [6, 6.07) is 10.4. The fourth-order valence-electron chi connectivity index (χ4n) is 3.35. The van der Waals surface area contributed by atoms with Crippen LogP contribution in [-0.4, -0.2) is 53.3 Å². The van der Waals surface area contributed by atoms with Crippen LogP contribution in [0.2, 0.25) is 0 Å². The van der Waals surface area contributed by atoms with Gasteiger partial charge in [0.15, 0.2) is 5.82 Å². The van der Waals surface area contributed by atoms with Gasteiger partial charge in [0.1, 0.15) is 0 Å². The van der Waals surface area contributed by atoms with Crippen molar-refractivity contribution in [3.8, 4) is 0 Å². The Morgan fingerprint density at radius 1 is 1.26 bits per heavy atom. The Morgan fingerprint density at radius 3 is 2.93 bits per heavy atom. The fourth-order valence-corrected chi connectivity index (χ4v) is 3.35. The molecule has 1 saturated heterocycles. The van der Waals surface area contributed by atoms with Crippen LogP contribution in [0, 0.1) is 0 Å². The van der Waals surface area contributed by atoms with E-state index in [2.05, 4.69) is 44.6 Å². The molecule has 1 saturated carbocycles. The maximum absolute atomic E-state index is 12.2. The van der Waals surface area contributed by atoms with Crippen molar-refractivity contribution in [2.75, 3.05) is 26.2 Å². The van der Waals surface area contributed by atoms with E-state index in [0.29, 0.717) is 37.8 Å². The molecule has 2 aliphatic rings. The molecular weight excluding hydrogens is 344 g/mol. The monoisotopic (exact) mass is 370 g/mol. The van der Waals surface area contributed by atoms with Crippen LogP contribution in [-0.2, 0) is 22.5 Å². The molecule has 1 N–H and O–H groups in total. The van der Waals surface area contributed by atoms with E-state index >= 15 is 0 Å². The Bertz CT molecular complexity index is 745. The minimum atomic E-state index is -0.0627. The number of carbonyl (C=O) groups is 1. The lowest BCUT2D eigenvalue weighted by molar-refractivity contribution is -0.126. The molecule has 0 radical (unpaired) electrons. The van der Waals surface area contributed by atoms with Gasteiger partial charge in [-0.2, -0.15) is 4.98 Å². The second-order valence-corrected chi connectivity index (χ2v) is 7.34. The molecule has 2 aromatic rings. The molecule has 2 fully saturated rings. The predicted molar refractivity (Wildman–Crippen MR) is 99.1 cm³/mol. The first-order chi connectivity index (χ1) is 13.3. The molecule has 1 atom stereocenters. The van der Waals surface area contributed by atoms with E-state index < -0.39 is 0 Å². The zero-order valence-electron chi connectivity index (χ0n) is 15.5. The van der Waals surface area contributed by atoms with E-state index in [9.17, 15) is 4.79 Å². The van der Waals surface area contributed by atoms with E-state index in [1.54, 1.807) is 0 Å². The number of rotatable bonds is 8. The Kier molecular flexibility index (Phi) is 5.79. The van der Waals surface area contributed by atoms with Gasteiger partial charge in [-0.3, -0.25) is 9.69 Å². The summed E-state index contributed by atoms with van der Waals surface area (Å²) < 4.78 is 11.0. The van der Waals surface area contributed by atoms with E-state index in [4.69, 9.17) is 9.26 Å². The molecule has 1 aromatic heterocycles. The average molecular weight is 370 g/mol. The van der Waals surface area contributed by atoms with Crippen molar-refractivity contribution in [2.24, 2.45) is 0 Å². The molecule has 7 nitrogen and oxygen atoms in total. The highest BCUT2D eigenvalue weighted by atomic mass is 16.5. The van der Waals surface area contributed by atoms with Crippen molar-refractivity contribution < 1.29 is 14.1 Å². The first-order valence-electron chi connectivity index (χ1n) is 9.73. The fraction of sp³-hybridized carbons (Fsp3) is 0.550. The van der Waals surface area contributed by atoms with Crippen LogP contribution >= 0.6 is 0 Å². The highest BCUT2D eigenvalue weighted by Crippen LogP contribution is 2.38. The summed E-state index contributed by atoms with van der Waals surface area (Å²) in [6.45, 7) is 3.73. The Hall–Kier alpha value is -2.25. The minimum Gasteiger partial charge on any atom is -0.375 e. The molecule has 1 aliphatic heterocycles. The summed E-state index contributed by atoms with van der Waals surface area (Å²) in [5.74, 6) is 1.90. The van der Waals surface area contributed by atoms with Crippen LogP contribution in [0.1, 0.15) is 42.5 Å². The first-order valence-corrected chi connectivity index (χ1v) is 9.73. The molecule has 1 amide bonds. The Labute approximate surface area is 159 Å². The average Bonchev–Trinajstić information content (AvgIpc) is 3.42. The summed E-state index contributed by atoms with van der Waals surface area (Å²) in [4.78, 5) is 18.9. The number of ether oxygens (including phenoxy) is 1. The molecule has 144 valence electrons. The summed E-state index contributed by atoms with van der Waals surface area (Å²) >= 11 is 0. The summed E-state index contributed by atoms with van der Waals surface area (Å²) in [5.41, 5.74) is 1.28. The van der Waals surface area contributed by atoms with Crippen molar-refractivity contribution >= 4 is 5.91 Å². The van der Waals surface area contributed by atoms with Gasteiger partial charge in [0.2, 0.25) is 11.8 Å². The Morgan fingerprint density at radius 2 is 2.11 bits per heavy atom. The molecular formula is C20H26N4O3. The van der Waals surface area contributed by atoms with Crippen LogP contribution in [0.15, 0.2) is 34.9 Å². The summed E-state index contributed by atoms with van der Waals surface area (Å²) in [6.07, 6.45) is 3.18. The lowest BCUT2D eigenvalue weighted by atomic mass is 10.1. The van der Waals surface area contributed by atoms with Gasteiger partial charge in [0.25, 0.3) is 0 Å². The van der Waals surface area contributed by atoms with E-state index in [0.717, 1.165) is 38.3 Å². The Balaban J connectivity index is 1.17. The number of nitrogens with zero attached hydrogens (tertiary/aromatic N) is 3. The molecule has 27 heavy (non-hydrogen) atoms. The third-order valence-electron chi connectivity index (χ3n) is 4.97. The van der Waals surface area contributed by atoms with Crippen molar-refractivity contribution in [3.05, 3.63) is 47.6 Å². The highest BCUT2D eigenvalue weighted by Gasteiger charge is 2.28. The maximum atomic E-state index is 12.2. The predicted octanol–water partition coefficient (Wildman–Crippen LogP) is 1.90. The van der Waals surface area contributed by atoms with Crippen LogP contribution in [0.5, 0.6) is 0 Å². The minimum absolute atomic E-state index is 0.00323. The molecule has 1 aliphatic carbocycles. The molecule has 1 unspecified atom stereocenters. The lowest BCUT2D eigenvalue weighted by Gasteiger charge is -2.32. The van der Waals surface area contributed by atoms with Gasteiger partial charge >= 0.3 is 0 Å². The van der Waals surface area contributed by atoms with Gasteiger partial charge < -0.3 is 14.6 Å². The number of aromatic nitrogens is 2.